The molecule has 1 amide bonds. The van der Waals surface area contributed by atoms with Crippen LogP contribution in [0.2, 0.25) is 0 Å². The number of H-pyrrole nitrogens is 1. The second-order valence-electron chi connectivity index (χ2n) is 6.91. The number of carbonyl (C=O) groups excluding carboxylic acids is 1. The molecule has 4 aromatic rings. The van der Waals surface area contributed by atoms with Crippen molar-refractivity contribution in [2.45, 2.75) is 32.7 Å². The van der Waals surface area contributed by atoms with E-state index in [0.29, 0.717) is 24.5 Å². The van der Waals surface area contributed by atoms with Crippen molar-refractivity contribution in [3.05, 3.63) is 72.0 Å². The summed E-state index contributed by atoms with van der Waals surface area (Å²) in [6.07, 6.45) is 2.46. The Balaban J connectivity index is 1.33. The van der Waals surface area contributed by atoms with Crippen LogP contribution in [0.25, 0.3) is 22.4 Å². The van der Waals surface area contributed by atoms with Crippen LogP contribution in [0, 0.1) is 6.92 Å². The Hall–Kier alpha value is -3.41. The van der Waals surface area contributed by atoms with Crippen LogP contribution in [0.5, 0.6) is 0 Å². The molecule has 0 radical (unpaired) electrons. The number of oxazole rings is 1. The summed E-state index contributed by atoms with van der Waals surface area (Å²) >= 11 is 0. The SMILES string of the molecule is Cc1ccc(-c2cnc(CCC(=O)NC(C)c3nc4ccccc4[nH]3)o2)cc1. The number of nitrogens with zero attached hydrogens (tertiary/aromatic N) is 2. The molecule has 28 heavy (non-hydrogen) atoms. The summed E-state index contributed by atoms with van der Waals surface area (Å²) in [7, 11) is 0. The van der Waals surface area contributed by atoms with E-state index in [2.05, 4.69) is 20.3 Å². The number of aromatic amines is 1. The summed E-state index contributed by atoms with van der Waals surface area (Å²) < 4.78 is 5.78. The van der Waals surface area contributed by atoms with Gasteiger partial charge in [-0.3, -0.25) is 4.79 Å². The van der Waals surface area contributed by atoms with Gasteiger partial charge < -0.3 is 14.7 Å². The van der Waals surface area contributed by atoms with Crippen molar-refractivity contribution in [2.75, 3.05) is 0 Å². The summed E-state index contributed by atoms with van der Waals surface area (Å²) in [5.41, 5.74) is 4.02. The number of fused-ring (bicyclic) bond motifs is 1. The molecule has 0 saturated carbocycles. The van der Waals surface area contributed by atoms with Crippen LogP contribution in [-0.2, 0) is 11.2 Å². The molecule has 0 aliphatic carbocycles. The molecular weight excluding hydrogens is 352 g/mol. The summed E-state index contributed by atoms with van der Waals surface area (Å²) in [4.78, 5) is 24.4. The average Bonchev–Trinajstić information content (AvgIpc) is 3.34. The Morgan fingerprint density at radius 2 is 1.96 bits per heavy atom. The number of amides is 1. The van der Waals surface area contributed by atoms with Crippen LogP contribution in [0.3, 0.4) is 0 Å². The molecule has 6 nitrogen and oxygen atoms in total. The Labute approximate surface area is 163 Å². The quantitative estimate of drug-likeness (QED) is 0.526. The van der Waals surface area contributed by atoms with E-state index in [0.717, 1.165) is 22.4 Å². The van der Waals surface area contributed by atoms with Crippen molar-refractivity contribution in [1.82, 2.24) is 20.3 Å². The van der Waals surface area contributed by atoms with Crippen molar-refractivity contribution in [3.63, 3.8) is 0 Å². The normalized spacial score (nSPS) is 12.2. The van der Waals surface area contributed by atoms with Crippen LogP contribution in [0.15, 0.2) is 59.1 Å². The summed E-state index contributed by atoms with van der Waals surface area (Å²) in [6.45, 7) is 3.96. The van der Waals surface area contributed by atoms with Crippen LogP contribution in [0.1, 0.15) is 36.7 Å². The molecule has 2 aromatic heterocycles. The number of hydrogen-bond donors (Lipinski definition) is 2. The van der Waals surface area contributed by atoms with Gasteiger partial charge >= 0.3 is 0 Å². The van der Waals surface area contributed by atoms with E-state index in [4.69, 9.17) is 4.42 Å². The van der Waals surface area contributed by atoms with Crippen molar-refractivity contribution in [2.24, 2.45) is 0 Å². The third-order valence-electron chi connectivity index (χ3n) is 4.65. The third-order valence-corrected chi connectivity index (χ3v) is 4.65. The number of nitrogens with one attached hydrogen (secondary N) is 2. The zero-order valence-corrected chi connectivity index (χ0v) is 15.9. The number of aromatic nitrogens is 3. The van der Waals surface area contributed by atoms with Crippen molar-refractivity contribution >= 4 is 16.9 Å². The van der Waals surface area contributed by atoms with Gasteiger partial charge in [-0.15, -0.1) is 0 Å². The molecule has 0 aliphatic heterocycles. The lowest BCUT2D eigenvalue weighted by molar-refractivity contribution is -0.121. The Morgan fingerprint density at radius 3 is 2.75 bits per heavy atom. The monoisotopic (exact) mass is 374 g/mol. The zero-order valence-electron chi connectivity index (χ0n) is 15.9. The minimum absolute atomic E-state index is 0.0666. The maximum absolute atomic E-state index is 12.3. The number of aryl methyl sites for hydroxylation is 2. The van der Waals surface area contributed by atoms with Crippen molar-refractivity contribution in [3.8, 4) is 11.3 Å². The van der Waals surface area contributed by atoms with Crippen LogP contribution in [0.4, 0.5) is 0 Å². The highest BCUT2D eigenvalue weighted by Gasteiger charge is 2.15. The fourth-order valence-corrected chi connectivity index (χ4v) is 3.06. The minimum Gasteiger partial charge on any atom is -0.441 e. The standard InChI is InChI=1S/C22H22N4O2/c1-14-7-9-16(10-8-14)19-13-23-21(28-19)12-11-20(27)24-15(2)22-25-17-5-3-4-6-18(17)26-22/h3-10,13,15H,11-12H2,1-2H3,(H,24,27)(H,25,26). The highest BCUT2D eigenvalue weighted by molar-refractivity contribution is 5.77. The average molecular weight is 374 g/mol. The van der Waals surface area contributed by atoms with E-state index in [1.807, 2.05) is 62.4 Å². The lowest BCUT2D eigenvalue weighted by Crippen LogP contribution is -2.27. The van der Waals surface area contributed by atoms with Gasteiger partial charge in [0.25, 0.3) is 0 Å². The number of hydrogen-bond acceptors (Lipinski definition) is 4. The molecule has 4 rings (SSSR count). The molecule has 0 saturated heterocycles. The Kier molecular flexibility index (Phi) is 4.93. The van der Waals surface area contributed by atoms with Crippen LogP contribution in [-0.4, -0.2) is 20.9 Å². The molecule has 1 atom stereocenters. The van der Waals surface area contributed by atoms with E-state index < -0.39 is 0 Å². The smallest absolute Gasteiger partial charge is 0.221 e. The summed E-state index contributed by atoms with van der Waals surface area (Å²) in [6, 6.07) is 15.7. The fourth-order valence-electron chi connectivity index (χ4n) is 3.06. The van der Waals surface area contributed by atoms with E-state index in [1.54, 1.807) is 6.20 Å². The molecular formula is C22H22N4O2. The highest BCUT2D eigenvalue weighted by Crippen LogP contribution is 2.21. The van der Waals surface area contributed by atoms with Gasteiger partial charge in [0.1, 0.15) is 5.82 Å². The highest BCUT2D eigenvalue weighted by atomic mass is 16.4. The van der Waals surface area contributed by atoms with Gasteiger partial charge in [0.2, 0.25) is 5.91 Å². The first-order valence-electron chi connectivity index (χ1n) is 9.34. The lowest BCUT2D eigenvalue weighted by atomic mass is 10.1. The van der Waals surface area contributed by atoms with E-state index in [9.17, 15) is 4.79 Å². The van der Waals surface area contributed by atoms with Gasteiger partial charge in [-0.05, 0) is 26.0 Å². The molecule has 0 spiro atoms. The molecule has 1 unspecified atom stereocenters. The summed E-state index contributed by atoms with van der Waals surface area (Å²) in [5.74, 6) is 1.95. The number of carbonyl (C=O) groups is 1. The molecule has 2 N–H and O–H groups in total. The summed E-state index contributed by atoms with van der Waals surface area (Å²) in [5, 5.41) is 2.97. The van der Waals surface area contributed by atoms with E-state index in [-0.39, 0.29) is 11.9 Å². The first kappa shape index (κ1) is 18.0. The lowest BCUT2D eigenvalue weighted by Gasteiger charge is -2.10. The fraction of sp³-hybridized carbons (Fsp3) is 0.227. The third kappa shape index (κ3) is 3.96. The minimum atomic E-state index is -0.201. The molecule has 0 aliphatic rings. The van der Waals surface area contributed by atoms with Gasteiger partial charge in [-0.25, -0.2) is 9.97 Å². The van der Waals surface area contributed by atoms with Gasteiger partial charge in [0.15, 0.2) is 11.7 Å². The maximum Gasteiger partial charge on any atom is 0.221 e. The first-order chi connectivity index (χ1) is 13.6. The van der Waals surface area contributed by atoms with Gasteiger partial charge in [0.05, 0.1) is 23.3 Å². The number of para-hydroxylation sites is 2. The second kappa shape index (κ2) is 7.68. The van der Waals surface area contributed by atoms with Crippen molar-refractivity contribution < 1.29 is 9.21 Å². The van der Waals surface area contributed by atoms with Gasteiger partial charge in [-0.2, -0.15) is 0 Å². The Morgan fingerprint density at radius 1 is 1.18 bits per heavy atom. The maximum atomic E-state index is 12.3. The van der Waals surface area contributed by atoms with E-state index >= 15 is 0 Å². The zero-order chi connectivity index (χ0) is 19.5. The molecule has 0 bridgehead atoms. The Bertz CT molecular complexity index is 1060. The topological polar surface area (TPSA) is 83.8 Å². The largest absolute Gasteiger partial charge is 0.441 e. The molecule has 2 aromatic carbocycles. The van der Waals surface area contributed by atoms with Crippen LogP contribution < -0.4 is 5.32 Å². The molecule has 142 valence electrons. The van der Waals surface area contributed by atoms with Crippen molar-refractivity contribution in [1.29, 1.82) is 0 Å². The number of imidazole rings is 1. The second-order valence-corrected chi connectivity index (χ2v) is 6.91. The number of benzene rings is 2. The van der Waals surface area contributed by atoms with Gasteiger partial charge in [-0.1, -0.05) is 42.0 Å². The number of rotatable bonds is 6. The molecule has 6 heteroatoms. The van der Waals surface area contributed by atoms with E-state index in [1.165, 1.54) is 5.56 Å². The molecule has 2 heterocycles. The molecule has 0 fully saturated rings. The van der Waals surface area contributed by atoms with Gasteiger partial charge in [0, 0.05) is 18.4 Å². The first-order valence-corrected chi connectivity index (χ1v) is 9.34. The van der Waals surface area contributed by atoms with Crippen LogP contribution >= 0.6 is 0 Å². The predicted octanol–water partition coefficient (Wildman–Crippen LogP) is 4.34. The predicted molar refractivity (Wildman–Crippen MR) is 108 cm³/mol.